The van der Waals surface area contributed by atoms with E-state index in [1.54, 1.807) is 0 Å². The molecule has 0 saturated carbocycles. The maximum Gasteiger partial charge on any atom is 0.0854 e. The van der Waals surface area contributed by atoms with E-state index in [4.69, 9.17) is 10.5 Å². The highest BCUT2D eigenvalue weighted by Crippen LogP contribution is 2.26. The van der Waals surface area contributed by atoms with Crippen molar-refractivity contribution >= 4 is 5.69 Å². The zero-order chi connectivity index (χ0) is 10.8. The molecule has 1 aromatic heterocycles. The monoisotopic (exact) mass is 209 g/mol. The fraction of sp³-hybridized carbons (Fsp3) is 0.727. The van der Waals surface area contributed by atoms with Crippen LogP contribution in [0.15, 0.2) is 0 Å². The lowest BCUT2D eigenvalue weighted by atomic mass is 10.2. The first-order chi connectivity index (χ1) is 7.27. The Bertz CT molecular complexity index is 340. The summed E-state index contributed by atoms with van der Waals surface area (Å²) in [4.78, 5) is 0. The van der Waals surface area contributed by atoms with Crippen molar-refractivity contribution in [2.75, 3.05) is 18.9 Å². The van der Waals surface area contributed by atoms with Gasteiger partial charge in [0, 0.05) is 6.61 Å². The van der Waals surface area contributed by atoms with Crippen molar-refractivity contribution in [1.29, 1.82) is 0 Å². The van der Waals surface area contributed by atoms with Crippen molar-refractivity contribution in [2.45, 2.75) is 39.2 Å². The van der Waals surface area contributed by atoms with Gasteiger partial charge in [0.05, 0.1) is 29.7 Å². The number of hydrogen-bond donors (Lipinski definition) is 1. The standard InChI is InChI=1S/C11H19N3O/c1-3-9-11(12)10(4-2)14(13-9)8-5-6-15-7-8/h8H,3-7,12H2,1-2H3. The molecule has 1 aliphatic rings. The minimum atomic E-state index is 0.391. The molecule has 1 saturated heterocycles. The highest BCUT2D eigenvalue weighted by atomic mass is 16.5. The number of nitrogen functional groups attached to an aromatic ring is 1. The quantitative estimate of drug-likeness (QED) is 0.821. The van der Waals surface area contributed by atoms with Gasteiger partial charge in [-0.25, -0.2) is 0 Å². The molecule has 1 atom stereocenters. The number of rotatable bonds is 3. The minimum Gasteiger partial charge on any atom is -0.396 e. The Hall–Kier alpha value is -1.03. The van der Waals surface area contributed by atoms with Crippen LogP contribution in [0.3, 0.4) is 0 Å². The van der Waals surface area contributed by atoms with Crippen LogP contribution in [0.4, 0.5) is 5.69 Å². The number of aromatic nitrogens is 2. The highest BCUT2D eigenvalue weighted by Gasteiger charge is 2.23. The van der Waals surface area contributed by atoms with Gasteiger partial charge in [0.15, 0.2) is 0 Å². The summed E-state index contributed by atoms with van der Waals surface area (Å²) < 4.78 is 7.48. The van der Waals surface area contributed by atoms with Gasteiger partial charge in [0.1, 0.15) is 0 Å². The van der Waals surface area contributed by atoms with Crippen molar-refractivity contribution in [3.8, 4) is 0 Å². The molecule has 0 aromatic carbocycles. The molecule has 4 nitrogen and oxygen atoms in total. The molecule has 4 heteroatoms. The molecule has 0 radical (unpaired) electrons. The minimum absolute atomic E-state index is 0.391. The highest BCUT2D eigenvalue weighted by molar-refractivity contribution is 5.48. The van der Waals surface area contributed by atoms with Gasteiger partial charge in [-0.2, -0.15) is 5.10 Å². The van der Waals surface area contributed by atoms with E-state index in [1.165, 1.54) is 5.69 Å². The van der Waals surface area contributed by atoms with Gasteiger partial charge in [-0.15, -0.1) is 0 Å². The van der Waals surface area contributed by atoms with Gasteiger partial charge in [0.25, 0.3) is 0 Å². The SMILES string of the molecule is CCc1nn(C2CCOC2)c(CC)c1N. The summed E-state index contributed by atoms with van der Waals surface area (Å²) in [6, 6.07) is 0.391. The van der Waals surface area contributed by atoms with Crippen molar-refractivity contribution in [1.82, 2.24) is 9.78 Å². The molecule has 0 amide bonds. The lowest BCUT2D eigenvalue weighted by Crippen LogP contribution is -2.13. The van der Waals surface area contributed by atoms with E-state index in [0.29, 0.717) is 6.04 Å². The van der Waals surface area contributed by atoms with E-state index in [1.807, 2.05) is 0 Å². The van der Waals surface area contributed by atoms with Gasteiger partial charge >= 0.3 is 0 Å². The van der Waals surface area contributed by atoms with E-state index in [0.717, 1.165) is 43.9 Å². The maximum absolute atomic E-state index is 6.07. The molecular weight excluding hydrogens is 190 g/mol. The summed E-state index contributed by atoms with van der Waals surface area (Å²) in [6.07, 6.45) is 2.89. The van der Waals surface area contributed by atoms with Gasteiger partial charge < -0.3 is 10.5 Å². The van der Waals surface area contributed by atoms with E-state index >= 15 is 0 Å². The molecular formula is C11H19N3O. The van der Waals surface area contributed by atoms with Crippen LogP contribution in [0.1, 0.15) is 37.7 Å². The van der Waals surface area contributed by atoms with Crippen LogP contribution in [0.5, 0.6) is 0 Å². The van der Waals surface area contributed by atoms with Crippen molar-refractivity contribution < 1.29 is 4.74 Å². The topological polar surface area (TPSA) is 53.1 Å². The molecule has 1 aliphatic heterocycles. The zero-order valence-corrected chi connectivity index (χ0v) is 9.49. The van der Waals surface area contributed by atoms with Crippen LogP contribution in [0, 0.1) is 0 Å². The number of anilines is 1. The molecule has 84 valence electrons. The molecule has 0 aliphatic carbocycles. The lowest BCUT2D eigenvalue weighted by Gasteiger charge is -2.11. The molecule has 2 rings (SSSR count). The molecule has 2 N–H and O–H groups in total. The Balaban J connectivity index is 2.36. The third-order valence-electron chi connectivity index (χ3n) is 3.05. The van der Waals surface area contributed by atoms with Gasteiger partial charge in [-0.1, -0.05) is 13.8 Å². The Morgan fingerprint density at radius 2 is 2.27 bits per heavy atom. The largest absolute Gasteiger partial charge is 0.396 e. The molecule has 15 heavy (non-hydrogen) atoms. The summed E-state index contributed by atoms with van der Waals surface area (Å²) in [5.74, 6) is 0. The van der Waals surface area contributed by atoms with Crippen LogP contribution in [0.25, 0.3) is 0 Å². The number of nitrogens with zero attached hydrogens (tertiary/aromatic N) is 2. The van der Waals surface area contributed by atoms with Gasteiger partial charge in [0.2, 0.25) is 0 Å². The summed E-state index contributed by atoms with van der Waals surface area (Å²) >= 11 is 0. The third kappa shape index (κ3) is 1.74. The third-order valence-corrected chi connectivity index (χ3v) is 3.05. The maximum atomic E-state index is 6.07. The van der Waals surface area contributed by atoms with Gasteiger partial charge in [-0.3, -0.25) is 4.68 Å². The fourth-order valence-corrected chi connectivity index (χ4v) is 2.16. The lowest BCUT2D eigenvalue weighted by molar-refractivity contribution is 0.184. The first-order valence-corrected chi connectivity index (χ1v) is 5.71. The second-order valence-corrected chi connectivity index (χ2v) is 3.98. The first-order valence-electron chi connectivity index (χ1n) is 5.71. The molecule has 1 aromatic rings. The normalized spacial score (nSPS) is 21.1. The molecule has 1 fully saturated rings. The Kier molecular flexibility index (Phi) is 2.95. The summed E-state index contributed by atoms with van der Waals surface area (Å²) in [5.41, 5.74) is 9.15. The first kappa shape index (κ1) is 10.5. The Morgan fingerprint density at radius 3 is 2.80 bits per heavy atom. The van der Waals surface area contributed by atoms with Gasteiger partial charge in [-0.05, 0) is 19.3 Å². The summed E-state index contributed by atoms with van der Waals surface area (Å²) in [6.45, 7) is 5.83. The van der Waals surface area contributed by atoms with Crippen LogP contribution < -0.4 is 5.73 Å². The fourth-order valence-electron chi connectivity index (χ4n) is 2.16. The zero-order valence-electron chi connectivity index (χ0n) is 9.49. The number of aryl methyl sites for hydroxylation is 1. The Labute approximate surface area is 90.4 Å². The predicted octanol–water partition coefficient (Wildman–Crippen LogP) is 1.55. The van der Waals surface area contributed by atoms with Crippen LogP contribution in [-0.2, 0) is 17.6 Å². The number of hydrogen-bond acceptors (Lipinski definition) is 3. The van der Waals surface area contributed by atoms with E-state index in [-0.39, 0.29) is 0 Å². The second-order valence-electron chi connectivity index (χ2n) is 3.98. The second kappa shape index (κ2) is 4.23. The summed E-state index contributed by atoms with van der Waals surface area (Å²) in [5, 5.41) is 4.59. The Morgan fingerprint density at radius 1 is 1.47 bits per heavy atom. The molecule has 0 spiro atoms. The smallest absolute Gasteiger partial charge is 0.0854 e. The van der Waals surface area contributed by atoms with E-state index in [9.17, 15) is 0 Å². The van der Waals surface area contributed by atoms with Crippen LogP contribution >= 0.6 is 0 Å². The van der Waals surface area contributed by atoms with E-state index in [2.05, 4.69) is 23.6 Å². The van der Waals surface area contributed by atoms with Crippen molar-refractivity contribution in [2.24, 2.45) is 0 Å². The van der Waals surface area contributed by atoms with Crippen molar-refractivity contribution in [3.05, 3.63) is 11.4 Å². The molecule has 0 bridgehead atoms. The molecule has 2 heterocycles. The average molecular weight is 209 g/mol. The van der Waals surface area contributed by atoms with Crippen molar-refractivity contribution in [3.63, 3.8) is 0 Å². The van der Waals surface area contributed by atoms with Crippen LogP contribution in [-0.4, -0.2) is 23.0 Å². The summed E-state index contributed by atoms with van der Waals surface area (Å²) in [7, 11) is 0. The van der Waals surface area contributed by atoms with Crippen LogP contribution in [0.2, 0.25) is 0 Å². The molecule has 1 unspecified atom stereocenters. The average Bonchev–Trinajstić information content (AvgIpc) is 2.84. The predicted molar refractivity (Wildman–Crippen MR) is 59.9 cm³/mol. The van der Waals surface area contributed by atoms with E-state index < -0.39 is 0 Å². The number of nitrogens with two attached hydrogens (primary N) is 1. The number of ether oxygens (including phenoxy) is 1.